The molecule has 4 heteroatoms. The van der Waals surface area contributed by atoms with Crippen molar-refractivity contribution in [1.29, 1.82) is 0 Å². The number of aliphatic carboxylic acids is 1. The number of cyclic esters (lactones) is 1. The minimum absolute atomic E-state index is 0.0463. The minimum Gasteiger partial charge on any atom is -0.481 e. The van der Waals surface area contributed by atoms with Crippen molar-refractivity contribution in [1.82, 2.24) is 0 Å². The van der Waals surface area contributed by atoms with E-state index in [-0.39, 0.29) is 5.97 Å². The first kappa shape index (κ1) is 11.2. The van der Waals surface area contributed by atoms with E-state index in [1.165, 1.54) is 0 Å². The van der Waals surface area contributed by atoms with Gasteiger partial charge in [-0.2, -0.15) is 0 Å². The standard InChI is InChI=1S/C8H10O2.C4H6O2/c9-7(10)8-3-1-6(5-8)2-4-8;5-4-2-1-3-6-4/h1,3,6H,2,4-5H2,(H,9,10);1-3H2. The van der Waals surface area contributed by atoms with Crippen LogP contribution in [0.3, 0.4) is 0 Å². The average molecular weight is 224 g/mol. The van der Waals surface area contributed by atoms with Gasteiger partial charge < -0.3 is 9.84 Å². The highest BCUT2D eigenvalue weighted by Gasteiger charge is 2.46. The summed E-state index contributed by atoms with van der Waals surface area (Å²) in [6.45, 7) is 0.638. The third-order valence-corrected chi connectivity index (χ3v) is 3.49. The molecule has 2 bridgehead atoms. The van der Waals surface area contributed by atoms with Gasteiger partial charge in [-0.25, -0.2) is 0 Å². The summed E-state index contributed by atoms with van der Waals surface area (Å²) < 4.78 is 4.51. The van der Waals surface area contributed by atoms with Crippen molar-refractivity contribution in [2.24, 2.45) is 11.3 Å². The van der Waals surface area contributed by atoms with Crippen LogP contribution in [0.5, 0.6) is 0 Å². The van der Waals surface area contributed by atoms with Gasteiger partial charge in [-0.15, -0.1) is 0 Å². The van der Waals surface area contributed by atoms with E-state index in [2.05, 4.69) is 10.8 Å². The maximum Gasteiger partial charge on any atom is 0.313 e. The van der Waals surface area contributed by atoms with Crippen molar-refractivity contribution >= 4 is 11.9 Å². The molecule has 0 amide bonds. The Labute approximate surface area is 94.3 Å². The van der Waals surface area contributed by atoms with E-state index in [9.17, 15) is 9.59 Å². The fourth-order valence-corrected chi connectivity index (χ4v) is 2.49. The van der Waals surface area contributed by atoms with Gasteiger partial charge in [0.15, 0.2) is 0 Å². The van der Waals surface area contributed by atoms with Crippen molar-refractivity contribution < 1.29 is 19.4 Å². The molecule has 0 spiro atoms. The molecule has 0 aromatic heterocycles. The molecule has 2 aliphatic carbocycles. The van der Waals surface area contributed by atoms with E-state index in [1.54, 1.807) is 0 Å². The molecule has 2 fully saturated rings. The van der Waals surface area contributed by atoms with E-state index in [4.69, 9.17) is 5.11 Å². The first-order chi connectivity index (χ1) is 7.62. The molecule has 16 heavy (non-hydrogen) atoms. The number of carbonyl (C=O) groups excluding carboxylic acids is 1. The van der Waals surface area contributed by atoms with Crippen LogP contribution in [0.1, 0.15) is 32.1 Å². The van der Waals surface area contributed by atoms with E-state index in [0.717, 1.165) is 25.7 Å². The van der Waals surface area contributed by atoms with Crippen molar-refractivity contribution in [3.8, 4) is 0 Å². The van der Waals surface area contributed by atoms with Crippen LogP contribution in [0.15, 0.2) is 12.2 Å². The Hall–Kier alpha value is -1.32. The van der Waals surface area contributed by atoms with E-state index >= 15 is 0 Å². The fourth-order valence-electron chi connectivity index (χ4n) is 2.49. The Balaban J connectivity index is 0.000000138. The van der Waals surface area contributed by atoms with Gasteiger partial charge in [-0.05, 0) is 31.6 Å². The topological polar surface area (TPSA) is 63.6 Å². The van der Waals surface area contributed by atoms with Crippen LogP contribution in [-0.4, -0.2) is 23.7 Å². The Morgan fingerprint density at radius 1 is 1.56 bits per heavy atom. The number of hydrogen-bond acceptors (Lipinski definition) is 3. The van der Waals surface area contributed by atoms with Gasteiger partial charge in [-0.3, -0.25) is 9.59 Å². The average Bonchev–Trinajstić information content (AvgIpc) is 2.94. The second-order valence-corrected chi connectivity index (χ2v) is 4.65. The fraction of sp³-hybridized carbons (Fsp3) is 0.667. The number of esters is 1. The number of fused-ring (bicyclic) bond motifs is 2. The van der Waals surface area contributed by atoms with Gasteiger partial charge in [0.05, 0.1) is 12.0 Å². The molecule has 0 aromatic rings. The Kier molecular flexibility index (Phi) is 2.99. The summed E-state index contributed by atoms with van der Waals surface area (Å²) in [4.78, 5) is 20.8. The van der Waals surface area contributed by atoms with Crippen molar-refractivity contribution in [3.05, 3.63) is 12.2 Å². The maximum absolute atomic E-state index is 10.7. The van der Waals surface area contributed by atoms with Crippen LogP contribution in [0.2, 0.25) is 0 Å². The minimum atomic E-state index is -0.635. The van der Waals surface area contributed by atoms with Gasteiger partial charge >= 0.3 is 11.9 Å². The molecule has 0 aromatic carbocycles. The molecule has 1 aliphatic heterocycles. The summed E-state index contributed by atoms with van der Waals surface area (Å²) in [6.07, 6.45) is 8.24. The predicted molar refractivity (Wildman–Crippen MR) is 56.7 cm³/mol. The van der Waals surface area contributed by atoms with E-state index in [0.29, 0.717) is 18.9 Å². The lowest BCUT2D eigenvalue weighted by Crippen LogP contribution is -2.23. The number of allylic oxidation sites excluding steroid dienone is 1. The third kappa shape index (κ3) is 2.10. The number of ether oxygens (including phenoxy) is 1. The first-order valence-electron chi connectivity index (χ1n) is 5.71. The van der Waals surface area contributed by atoms with Crippen molar-refractivity contribution in [2.45, 2.75) is 32.1 Å². The molecule has 0 radical (unpaired) electrons. The normalized spacial score (nSPS) is 34.5. The highest BCUT2D eigenvalue weighted by Crippen LogP contribution is 2.49. The summed E-state index contributed by atoms with van der Waals surface area (Å²) in [5.41, 5.74) is -0.454. The van der Waals surface area contributed by atoms with Gasteiger partial charge in [0, 0.05) is 6.42 Å². The van der Waals surface area contributed by atoms with Crippen LogP contribution in [0.25, 0.3) is 0 Å². The Morgan fingerprint density at radius 2 is 2.38 bits per heavy atom. The number of rotatable bonds is 1. The van der Waals surface area contributed by atoms with Crippen LogP contribution in [-0.2, 0) is 14.3 Å². The van der Waals surface area contributed by atoms with Crippen LogP contribution >= 0.6 is 0 Å². The van der Waals surface area contributed by atoms with Crippen LogP contribution in [0, 0.1) is 11.3 Å². The molecule has 3 rings (SSSR count). The van der Waals surface area contributed by atoms with Gasteiger partial charge in [-0.1, -0.05) is 12.2 Å². The number of hydrogen-bond donors (Lipinski definition) is 1. The molecule has 3 aliphatic rings. The Morgan fingerprint density at radius 3 is 2.56 bits per heavy atom. The molecule has 1 saturated carbocycles. The molecule has 1 saturated heterocycles. The molecule has 4 nitrogen and oxygen atoms in total. The van der Waals surface area contributed by atoms with Gasteiger partial charge in [0.25, 0.3) is 0 Å². The number of carboxylic acids is 1. The van der Waals surface area contributed by atoms with Crippen molar-refractivity contribution in [3.63, 3.8) is 0 Å². The lowest BCUT2D eigenvalue weighted by molar-refractivity contribution is -0.145. The molecule has 1 heterocycles. The molecular formula is C12H16O4. The van der Waals surface area contributed by atoms with Gasteiger partial charge in [0.2, 0.25) is 0 Å². The highest BCUT2D eigenvalue weighted by atomic mass is 16.5. The second-order valence-electron chi connectivity index (χ2n) is 4.65. The number of carboxylic acid groups (broad SMARTS) is 1. The zero-order chi connectivity index (χ0) is 11.6. The summed E-state index contributed by atoms with van der Waals surface area (Å²) >= 11 is 0. The van der Waals surface area contributed by atoms with Gasteiger partial charge in [0.1, 0.15) is 0 Å². The Bertz CT molecular complexity index is 326. The maximum atomic E-state index is 10.7. The second kappa shape index (κ2) is 4.28. The molecule has 2 unspecified atom stereocenters. The monoisotopic (exact) mass is 224 g/mol. The van der Waals surface area contributed by atoms with Crippen LogP contribution < -0.4 is 0 Å². The molecule has 2 atom stereocenters. The first-order valence-corrected chi connectivity index (χ1v) is 5.71. The highest BCUT2D eigenvalue weighted by molar-refractivity contribution is 5.78. The van der Waals surface area contributed by atoms with Crippen molar-refractivity contribution in [2.75, 3.05) is 6.61 Å². The third-order valence-electron chi connectivity index (χ3n) is 3.49. The SMILES string of the molecule is O=C(O)C12C=CC(CC1)C2.O=C1CCCO1. The lowest BCUT2D eigenvalue weighted by Gasteiger charge is -2.15. The zero-order valence-electron chi connectivity index (χ0n) is 9.15. The molecular weight excluding hydrogens is 208 g/mol. The summed E-state index contributed by atoms with van der Waals surface area (Å²) in [6, 6.07) is 0. The smallest absolute Gasteiger partial charge is 0.313 e. The quantitative estimate of drug-likeness (QED) is 0.544. The number of carbonyl (C=O) groups is 2. The zero-order valence-corrected chi connectivity index (χ0v) is 9.15. The van der Waals surface area contributed by atoms with E-state index in [1.807, 2.05) is 6.08 Å². The van der Waals surface area contributed by atoms with E-state index < -0.39 is 11.4 Å². The largest absolute Gasteiger partial charge is 0.481 e. The summed E-state index contributed by atoms with van der Waals surface area (Å²) in [5.74, 6) is -0.116. The molecule has 1 N–H and O–H groups in total. The summed E-state index contributed by atoms with van der Waals surface area (Å²) in [7, 11) is 0. The summed E-state index contributed by atoms with van der Waals surface area (Å²) in [5, 5.41) is 8.84. The molecule has 88 valence electrons. The van der Waals surface area contributed by atoms with Crippen LogP contribution in [0.4, 0.5) is 0 Å². The predicted octanol–water partition coefficient (Wildman–Crippen LogP) is 1.75. The lowest BCUT2D eigenvalue weighted by atomic mass is 9.88.